The van der Waals surface area contributed by atoms with Crippen LogP contribution in [0.4, 0.5) is 10.1 Å². The van der Waals surface area contributed by atoms with Gasteiger partial charge in [0, 0.05) is 5.70 Å². The number of sulfone groups is 1. The maximum absolute atomic E-state index is 12.2. The molecule has 162 valence electrons. The van der Waals surface area contributed by atoms with Crippen molar-refractivity contribution < 1.29 is 22.4 Å². The first kappa shape index (κ1) is 24.8. The van der Waals surface area contributed by atoms with Crippen LogP contribution in [-0.4, -0.2) is 36.2 Å². The fourth-order valence-corrected chi connectivity index (χ4v) is 3.24. The smallest absolute Gasteiger partial charge is 0.275 e. The summed E-state index contributed by atoms with van der Waals surface area (Å²) in [5.74, 6) is -2.09. The van der Waals surface area contributed by atoms with Crippen molar-refractivity contribution >= 4 is 27.3 Å². The van der Waals surface area contributed by atoms with Gasteiger partial charge in [-0.05, 0) is 32.4 Å². The predicted octanol–water partition coefficient (Wildman–Crippen LogP) is 3.36. The Labute approximate surface area is 175 Å². The van der Waals surface area contributed by atoms with Crippen molar-refractivity contribution in [2.75, 3.05) is 11.1 Å². The number of anilines is 1. The van der Waals surface area contributed by atoms with Gasteiger partial charge in [-0.15, -0.1) is 0 Å². The first-order chi connectivity index (χ1) is 14.1. The lowest BCUT2D eigenvalue weighted by Gasteiger charge is -2.07. The van der Waals surface area contributed by atoms with Crippen LogP contribution in [-0.2, 0) is 14.6 Å². The van der Waals surface area contributed by atoms with Crippen molar-refractivity contribution in [2.45, 2.75) is 32.1 Å². The number of nitrogens with zero attached hydrogens (tertiary/aromatic N) is 1. The number of amides is 2. The van der Waals surface area contributed by atoms with Gasteiger partial charge in [0.25, 0.3) is 5.91 Å². The zero-order valence-corrected chi connectivity index (χ0v) is 17.8. The Morgan fingerprint density at radius 1 is 1.27 bits per heavy atom. The third kappa shape index (κ3) is 8.00. The zero-order valence-electron chi connectivity index (χ0n) is 17.0. The van der Waals surface area contributed by atoms with Gasteiger partial charge >= 0.3 is 0 Å². The highest BCUT2D eigenvalue weighted by Crippen LogP contribution is 2.14. The maximum Gasteiger partial charge on any atom is 0.275 e. The first-order valence-electron chi connectivity index (χ1n) is 8.99. The average Bonchev–Trinajstić information content (AvgIpc) is 3.15. The number of H-pyrrole nitrogens is 1. The maximum atomic E-state index is 12.2. The van der Waals surface area contributed by atoms with Gasteiger partial charge in [-0.3, -0.25) is 14.7 Å². The van der Waals surface area contributed by atoms with Gasteiger partial charge < -0.3 is 10.6 Å². The molecule has 0 saturated heterocycles. The van der Waals surface area contributed by atoms with Crippen LogP contribution >= 0.6 is 0 Å². The average molecular weight is 437 g/mol. The summed E-state index contributed by atoms with van der Waals surface area (Å²) in [6.07, 6.45) is 3.22. The molecule has 1 aromatic heterocycles. The van der Waals surface area contributed by atoms with Crippen molar-refractivity contribution in [1.82, 2.24) is 15.5 Å². The molecular formula is C20H25FN4O4S. The summed E-state index contributed by atoms with van der Waals surface area (Å²) in [4.78, 5) is 24.0. The molecule has 0 bridgehead atoms. The lowest BCUT2D eigenvalue weighted by Crippen LogP contribution is -2.26. The molecule has 0 spiro atoms. The number of allylic oxidation sites excluding steroid dienone is 3. The van der Waals surface area contributed by atoms with E-state index in [2.05, 4.69) is 27.4 Å². The van der Waals surface area contributed by atoms with Crippen LogP contribution < -0.4 is 10.6 Å². The summed E-state index contributed by atoms with van der Waals surface area (Å²) in [5.41, 5.74) is 0.504. The fourth-order valence-electron chi connectivity index (χ4n) is 2.08. The van der Waals surface area contributed by atoms with E-state index >= 15 is 0 Å². The fraction of sp³-hybridized carbons (Fsp3) is 0.250. The largest absolute Gasteiger partial charge is 0.325 e. The lowest BCUT2D eigenvalue weighted by molar-refractivity contribution is -0.113. The highest BCUT2D eigenvalue weighted by molar-refractivity contribution is 7.92. The Morgan fingerprint density at radius 3 is 2.40 bits per heavy atom. The minimum absolute atomic E-state index is 0.00320. The normalized spacial score (nSPS) is 11.1. The SMILES string of the molecule is C/C=C(/F)CC.C=C(C)NC(=O)c1[nH]ncc1NC(=O)CS(=O)(=O)c1ccccc1. The van der Waals surface area contributed by atoms with Crippen molar-refractivity contribution in [3.8, 4) is 0 Å². The Bertz CT molecular complexity index is 1010. The molecule has 2 rings (SSSR count). The second-order valence-electron chi connectivity index (χ2n) is 6.10. The molecule has 2 aromatic rings. The summed E-state index contributed by atoms with van der Waals surface area (Å²) in [6, 6.07) is 7.64. The van der Waals surface area contributed by atoms with Crippen LogP contribution in [0.1, 0.15) is 37.7 Å². The molecule has 10 heteroatoms. The summed E-state index contributed by atoms with van der Waals surface area (Å²) < 4.78 is 36.0. The highest BCUT2D eigenvalue weighted by atomic mass is 32.2. The molecule has 8 nitrogen and oxygen atoms in total. The Kier molecular flexibility index (Phi) is 9.63. The minimum atomic E-state index is -3.77. The second-order valence-corrected chi connectivity index (χ2v) is 8.09. The van der Waals surface area contributed by atoms with Crippen LogP contribution in [0.3, 0.4) is 0 Å². The molecule has 3 N–H and O–H groups in total. The Hall–Kier alpha value is -3.27. The number of hydrogen-bond acceptors (Lipinski definition) is 5. The van der Waals surface area contributed by atoms with E-state index < -0.39 is 27.4 Å². The molecular weight excluding hydrogens is 411 g/mol. The molecule has 0 fully saturated rings. The number of carbonyl (C=O) groups excluding carboxylic acids is 2. The van der Waals surface area contributed by atoms with E-state index in [4.69, 9.17) is 0 Å². The number of aromatic amines is 1. The molecule has 0 aliphatic rings. The van der Waals surface area contributed by atoms with E-state index in [1.54, 1.807) is 39.0 Å². The number of carbonyl (C=O) groups is 2. The molecule has 1 heterocycles. The van der Waals surface area contributed by atoms with E-state index in [-0.39, 0.29) is 22.1 Å². The van der Waals surface area contributed by atoms with Gasteiger partial charge in [0.05, 0.1) is 22.6 Å². The third-order valence-corrected chi connectivity index (χ3v) is 5.17. The molecule has 0 aliphatic heterocycles. The number of aromatic nitrogens is 2. The lowest BCUT2D eigenvalue weighted by atomic mass is 10.3. The molecule has 30 heavy (non-hydrogen) atoms. The highest BCUT2D eigenvalue weighted by Gasteiger charge is 2.21. The molecule has 2 amide bonds. The second kappa shape index (κ2) is 11.7. The standard InChI is InChI=1S/C15H16N4O4S.C5H9F/c1-10(2)17-15(21)14-12(8-16-19-14)18-13(20)9-24(22,23)11-6-4-3-5-7-11;1-3-5(6)4-2/h3-8H,1,9H2,2H3,(H,16,19)(H,17,21)(H,18,20);3H,4H2,1-2H3/b;5-3+. The number of halogens is 1. The Balaban J connectivity index is 0.000000656. The topological polar surface area (TPSA) is 121 Å². The van der Waals surface area contributed by atoms with Gasteiger partial charge in [-0.25, -0.2) is 12.8 Å². The van der Waals surface area contributed by atoms with Crippen LogP contribution in [0.5, 0.6) is 0 Å². The molecule has 1 aromatic carbocycles. The molecule has 0 saturated carbocycles. The van der Waals surface area contributed by atoms with E-state index in [9.17, 15) is 22.4 Å². The van der Waals surface area contributed by atoms with Crippen molar-refractivity contribution in [3.63, 3.8) is 0 Å². The van der Waals surface area contributed by atoms with Crippen molar-refractivity contribution in [2.24, 2.45) is 0 Å². The van der Waals surface area contributed by atoms with Gasteiger partial charge in [0.1, 0.15) is 11.4 Å². The quantitative estimate of drug-likeness (QED) is 0.615. The zero-order chi connectivity index (χ0) is 22.7. The van der Waals surface area contributed by atoms with Crippen LogP contribution in [0, 0.1) is 0 Å². The minimum Gasteiger partial charge on any atom is -0.325 e. The molecule has 0 aliphatic carbocycles. The number of benzene rings is 1. The van der Waals surface area contributed by atoms with E-state index in [1.165, 1.54) is 24.4 Å². The van der Waals surface area contributed by atoms with E-state index in [0.29, 0.717) is 12.1 Å². The van der Waals surface area contributed by atoms with E-state index in [1.807, 2.05) is 0 Å². The van der Waals surface area contributed by atoms with Crippen LogP contribution in [0.2, 0.25) is 0 Å². The van der Waals surface area contributed by atoms with Gasteiger partial charge in [0.15, 0.2) is 9.84 Å². The summed E-state index contributed by atoms with van der Waals surface area (Å²) >= 11 is 0. The monoisotopic (exact) mass is 436 g/mol. The number of hydrogen-bond donors (Lipinski definition) is 3. The van der Waals surface area contributed by atoms with E-state index in [0.717, 1.165) is 0 Å². The summed E-state index contributed by atoms with van der Waals surface area (Å²) in [5, 5.41) is 10.9. The summed E-state index contributed by atoms with van der Waals surface area (Å²) in [6.45, 7) is 8.62. The van der Waals surface area contributed by atoms with Crippen molar-refractivity contribution in [1.29, 1.82) is 0 Å². The van der Waals surface area contributed by atoms with Gasteiger partial charge in [-0.1, -0.05) is 37.8 Å². The molecule has 0 atom stereocenters. The first-order valence-corrected chi connectivity index (χ1v) is 10.6. The van der Waals surface area contributed by atoms with Crippen LogP contribution in [0.25, 0.3) is 0 Å². The molecule has 0 radical (unpaired) electrons. The van der Waals surface area contributed by atoms with Crippen molar-refractivity contribution in [3.05, 3.63) is 66.4 Å². The number of rotatable bonds is 7. The Morgan fingerprint density at radius 2 is 1.90 bits per heavy atom. The van der Waals surface area contributed by atoms with Crippen LogP contribution in [0.15, 0.2) is 65.6 Å². The molecule has 0 unspecified atom stereocenters. The predicted molar refractivity (Wildman–Crippen MR) is 113 cm³/mol. The third-order valence-electron chi connectivity index (χ3n) is 3.54. The van der Waals surface area contributed by atoms with Gasteiger partial charge in [0.2, 0.25) is 5.91 Å². The summed E-state index contributed by atoms with van der Waals surface area (Å²) in [7, 11) is -3.77. The number of nitrogens with one attached hydrogen (secondary N) is 3. The van der Waals surface area contributed by atoms with Gasteiger partial charge in [-0.2, -0.15) is 5.10 Å².